The number of aromatic hydroxyl groups is 4. The second-order valence-electron chi connectivity index (χ2n) is 12.7. The molecule has 5 nitrogen and oxygen atoms in total. The first-order valence-electron chi connectivity index (χ1n) is 16.4. The van der Waals surface area contributed by atoms with E-state index in [-0.39, 0.29) is 16.8 Å². The number of rotatable bonds is 3. The molecule has 1 aliphatic heterocycles. The Kier molecular flexibility index (Phi) is 7.30. The molecule has 0 spiro atoms. The first-order chi connectivity index (χ1) is 23.8. The highest BCUT2D eigenvalue weighted by Crippen LogP contribution is 2.49. The van der Waals surface area contributed by atoms with E-state index in [4.69, 9.17) is 4.74 Å². The molecule has 6 aromatic rings. The largest absolute Gasteiger partial charge is 0.508 e. The lowest BCUT2D eigenvalue weighted by Gasteiger charge is -2.20. The van der Waals surface area contributed by atoms with Crippen molar-refractivity contribution in [3.63, 3.8) is 0 Å². The van der Waals surface area contributed by atoms with Crippen LogP contribution in [0.4, 0.5) is 0 Å². The Morgan fingerprint density at radius 3 is 1.84 bits per heavy atom. The Labute approximate surface area is 285 Å². The molecule has 4 N–H and O–H groups in total. The van der Waals surface area contributed by atoms with Crippen LogP contribution in [0.2, 0.25) is 0 Å². The van der Waals surface area contributed by atoms with Crippen LogP contribution < -0.4 is 10.2 Å². The summed E-state index contributed by atoms with van der Waals surface area (Å²) < 4.78 is 6.39. The summed E-state index contributed by atoms with van der Waals surface area (Å²) in [7, 11) is 1.49. The summed E-state index contributed by atoms with van der Waals surface area (Å²) in [4.78, 5) is 0. The van der Waals surface area contributed by atoms with Crippen molar-refractivity contribution in [3.05, 3.63) is 144 Å². The van der Waals surface area contributed by atoms with Gasteiger partial charge in [-0.3, -0.25) is 0 Å². The predicted molar refractivity (Wildman–Crippen MR) is 201 cm³/mol. The van der Waals surface area contributed by atoms with E-state index in [9.17, 15) is 20.4 Å². The van der Waals surface area contributed by atoms with Gasteiger partial charge in [0.05, 0.1) is 5.56 Å². The highest BCUT2D eigenvalue weighted by atomic mass is 16.5. The lowest BCUT2D eigenvalue weighted by molar-refractivity contribution is 0.365. The second-order valence-corrected chi connectivity index (χ2v) is 12.7. The van der Waals surface area contributed by atoms with E-state index >= 15 is 0 Å². The van der Waals surface area contributed by atoms with Crippen molar-refractivity contribution in [2.45, 2.75) is 19.3 Å². The van der Waals surface area contributed by atoms with Crippen molar-refractivity contribution < 1.29 is 25.2 Å². The number of benzene rings is 6. The molecule has 0 saturated carbocycles. The van der Waals surface area contributed by atoms with Gasteiger partial charge in [-0.25, -0.2) is 0 Å². The molecule has 0 fully saturated rings. The van der Waals surface area contributed by atoms with Crippen molar-refractivity contribution in [3.8, 4) is 62.1 Å². The van der Waals surface area contributed by atoms with Crippen LogP contribution in [0.3, 0.4) is 0 Å². The fourth-order valence-electron chi connectivity index (χ4n) is 7.29. The van der Waals surface area contributed by atoms with Gasteiger partial charge in [0.1, 0.15) is 25.1 Å². The minimum Gasteiger partial charge on any atom is -0.508 e. The van der Waals surface area contributed by atoms with Gasteiger partial charge in [0.15, 0.2) is 11.5 Å². The predicted octanol–water partition coefficient (Wildman–Crippen LogP) is 8.73. The SMILES string of the molecule is Bc1c(O)c(O)c(O)c(-c2cccc(-c3c4ccccc4c(-c4ccc5c(c4)OC(=C)/C=C\C4=C(C=CCC4)C5)c4ccccc34)c2)c1O. The number of ether oxygens (including phenoxy) is 1. The summed E-state index contributed by atoms with van der Waals surface area (Å²) in [5, 5.41) is 46.6. The summed E-state index contributed by atoms with van der Waals surface area (Å²) >= 11 is 0. The van der Waals surface area contributed by atoms with Crippen LogP contribution in [0, 0.1) is 0 Å². The van der Waals surface area contributed by atoms with E-state index < -0.39 is 17.2 Å². The minimum absolute atomic E-state index is 0.0551. The molecule has 1 heterocycles. The van der Waals surface area contributed by atoms with Crippen molar-refractivity contribution in [2.75, 3.05) is 0 Å². The molecule has 0 saturated heterocycles. The summed E-state index contributed by atoms with van der Waals surface area (Å²) in [6, 6.07) is 30.6. The van der Waals surface area contributed by atoms with E-state index in [1.54, 1.807) is 6.07 Å². The highest BCUT2D eigenvalue weighted by molar-refractivity contribution is 6.37. The molecule has 8 rings (SSSR count). The smallest absolute Gasteiger partial charge is 0.200 e. The van der Waals surface area contributed by atoms with Gasteiger partial charge in [-0.15, -0.1) is 0 Å². The molecule has 0 aromatic heterocycles. The molecule has 6 heteroatoms. The van der Waals surface area contributed by atoms with Crippen LogP contribution in [0.15, 0.2) is 139 Å². The Balaban J connectivity index is 1.34. The monoisotopic (exact) mass is 640 g/mol. The number of phenols is 4. The quantitative estimate of drug-likeness (QED) is 0.0673. The molecule has 6 aromatic carbocycles. The van der Waals surface area contributed by atoms with Gasteiger partial charge in [-0.2, -0.15) is 0 Å². The van der Waals surface area contributed by atoms with Crippen molar-refractivity contribution >= 4 is 34.9 Å². The second kappa shape index (κ2) is 11.8. The summed E-state index contributed by atoms with van der Waals surface area (Å²) in [6.45, 7) is 4.19. The maximum atomic E-state index is 11.0. The van der Waals surface area contributed by atoms with E-state index in [0.29, 0.717) is 11.3 Å². The van der Waals surface area contributed by atoms with Gasteiger partial charge in [0, 0.05) is 6.42 Å². The van der Waals surface area contributed by atoms with Crippen LogP contribution in [0.25, 0.3) is 54.9 Å². The first-order valence-corrected chi connectivity index (χ1v) is 16.4. The zero-order chi connectivity index (χ0) is 33.8. The highest BCUT2D eigenvalue weighted by Gasteiger charge is 2.24. The van der Waals surface area contributed by atoms with Crippen molar-refractivity contribution in [1.82, 2.24) is 0 Å². The molecule has 0 unspecified atom stereocenters. The van der Waals surface area contributed by atoms with Gasteiger partial charge in [0.25, 0.3) is 0 Å². The van der Waals surface area contributed by atoms with Crippen LogP contribution in [-0.4, -0.2) is 28.3 Å². The molecule has 2 aliphatic rings. The third-order valence-corrected chi connectivity index (χ3v) is 9.76. The molecule has 0 bridgehead atoms. The molecule has 49 heavy (non-hydrogen) atoms. The van der Waals surface area contributed by atoms with Crippen LogP contribution in [-0.2, 0) is 6.42 Å². The Morgan fingerprint density at radius 1 is 0.571 bits per heavy atom. The molecule has 238 valence electrons. The number of allylic oxidation sites excluding steroid dienone is 6. The van der Waals surface area contributed by atoms with Gasteiger partial charge in [0.2, 0.25) is 5.75 Å². The first kappa shape index (κ1) is 30.2. The zero-order valence-corrected chi connectivity index (χ0v) is 27.0. The number of hydrogen-bond donors (Lipinski definition) is 4. The van der Waals surface area contributed by atoms with Crippen molar-refractivity contribution in [2.24, 2.45) is 0 Å². The summed E-state index contributed by atoms with van der Waals surface area (Å²) in [6.07, 6.45) is 11.4. The van der Waals surface area contributed by atoms with Gasteiger partial charge in [-0.05, 0) is 103 Å². The Morgan fingerprint density at radius 2 is 1.18 bits per heavy atom. The molecule has 0 amide bonds. The average molecular weight is 641 g/mol. The lowest BCUT2D eigenvalue weighted by Crippen LogP contribution is -2.05. The molecule has 0 radical (unpaired) electrons. The molecular formula is C43H33BO5. The lowest BCUT2D eigenvalue weighted by atomic mass is 9.84. The summed E-state index contributed by atoms with van der Waals surface area (Å²) in [5.74, 6) is -0.705. The van der Waals surface area contributed by atoms with Gasteiger partial charge in [-0.1, -0.05) is 104 Å². The fourth-order valence-corrected chi connectivity index (χ4v) is 7.29. The van der Waals surface area contributed by atoms with E-state index in [1.807, 2.05) is 48.5 Å². The molecule has 1 aliphatic carbocycles. The average Bonchev–Trinajstić information content (AvgIpc) is 3.19. The van der Waals surface area contributed by atoms with Gasteiger partial charge >= 0.3 is 0 Å². The zero-order valence-electron chi connectivity index (χ0n) is 27.0. The topological polar surface area (TPSA) is 90.2 Å². The fraction of sp³-hybridized carbons (Fsp3) is 0.0698. The number of phenolic OH excluding ortho intramolecular Hbond substituents is 4. The number of hydrogen-bond acceptors (Lipinski definition) is 5. The van der Waals surface area contributed by atoms with Crippen molar-refractivity contribution in [1.29, 1.82) is 0 Å². The number of fused-ring (bicyclic) bond motifs is 3. The summed E-state index contributed by atoms with van der Waals surface area (Å²) in [5.41, 5.74) is 8.35. The third-order valence-electron chi connectivity index (χ3n) is 9.76. The maximum absolute atomic E-state index is 11.0. The Hall–Kier alpha value is -6.14. The molecular weight excluding hydrogens is 607 g/mol. The van der Waals surface area contributed by atoms with Crippen LogP contribution in [0.5, 0.6) is 28.7 Å². The third kappa shape index (κ3) is 5.04. The standard InChI is InChI=1S/C43H33BO5/c1-24-17-18-25-9-2-3-10-26(25)21-27-19-20-30(23-35(27)49-24)37-33-15-6-4-13-31(33)36(32-14-5-7-16-34(32)37)28-11-8-12-29(22-28)38-40(45)39(44)42(47)43(48)41(38)46/h3-8,10-20,22-23,45-48H,1-2,9,21,44H2/b18-17-. The maximum Gasteiger partial charge on any atom is 0.200 e. The Bertz CT molecular complexity index is 2380. The van der Waals surface area contributed by atoms with Crippen LogP contribution in [0.1, 0.15) is 18.4 Å². The normalized spacial score (nSPS) is 14.9. The minimum atomic E-state index is -0.668. The van der Waals surface area contributed by atoms with Gasteiger partial charge < -0.3 is 25.2 Å². The van der Waals surface area contributed by atoms with E-state index in [0.717, 1.165) is 74.4 Å². The van der Waals surface area contributed by atoms with E-state index in [1.165, 1.54) is 19.0 Å². The molecule has 0 atom stereocenters. The van der Waals surface area contributed by atoms with E-state index in [2.05, 4.69) is 67.3 Å². The van der Waals surface area contributed by atoms with Crippen LogP contribution >= 0.6 is 0 Å².